The maximum atomic E-state index is 13.2. The van der Waals surface area contributed by atoms with Gasteiger partial charge in [0.1, 0.15) is 12.7 Å². The third-order valence-electron chi connectivity index (χ3n) is 5.25. The van der Waals surface area contributed by atoms with Gasteiger partial charge in [0.25, 0.3) is 5.91 Å². The summed E-state index contributed by atoms with van der Waals surface area (Å²) in [5.74, 6) is 0.0752. The first-order chi connectivity index (χ1) is 14.3. The number of hydrogen-bond donors (Lipinski definition) is 1. The van der Waals surface area contributed by atoms with Crippen LogP contribution in [-0.4, -0.2) is 35.4 Å². The largest absolute Gasteiger partial charge is 0.345 e. The molecule has 8 nitrogen and oxygen atoms in total. The predicted molar refractivity (Wildman–Crippen MR) is 115 cm³/mol. The third-order valence-corrected chi connectivity index (χ3v) is 5.25. The van der Waals surface area contributed by atoms with E-state index in [1.807, 2.05) is 51.2 Å². The van der Waals surface area contributed by atoms with Crippen molar-refractivity contribution in [2.75, 3.05) is 0 Å². The van der Waals surface area contributed by atoms with Crippen LogP contribution in [0.3, 0.4) is 0 Å². The van der Waals surface area contributed by atoms with E-state index in [4.69, 9.17) is 4.98 Å². The highest BCUT2D eigenvalue weighted by atomic mass is 16.1. The van der Waals surface area contributed by atoms with Crippen molar-refractivity contribution in [2.45, 2.75) is 39.7 Å². The number of fused-ring (bicyclic) bond motifs is 1. The molecule has 1 amide bonds. The second-order valence-corrected chi connectivity index (χ2v) is 7.78. The molecule has 0 saturated heterocycles. The first kappa shape index (κ1) is 19.8. The summed E-state index contributed by atoms with van der Waals surface area (Å²) in [5.41, 5.74) is 4.93. The van der Waals surface area contributed by atoms with Crippen molar-refractivity contribution >= 4 is 16.9 Å². The monoisotopic (exact) mass is 403 g/mol. The summed E-state index contributed by atoms with van der Waals surface area (Å²) in [4.78, 5) is 21.9. The quantitative estimate of drug-likeness (QED) is 0.551. The minimum absolute atomic E-state index is 0.131. The highest BCUT2D eigenvalue weighted by Gasteiger charge is 2.21. The standard InChI is InChI=1S/C22H25N7O/c1-13(2)19-10-18(20-15(4)27-28(5)21(20)26-19)22(30)25-14(3)16-6-8-17(9-7-16)29-12-23-11-24-29/h6-14H,1-5H3,(H,25,30). The second-order valence-electron chi connectivity index (χ2n) is 7.78. The van der Waals surface area contributed by atoms with E-state index in [9.17, 15) is 4.79 Å². The molecule has 1 N–H and O–H groups in total. The predicted octanol–water partition coefficient (Wildman–Crippen LogP) is 3.47. The molecule has 30 heavy (non-hydrogen) atoms. The number of pyridine rings is 1. The molecule has 4 aromatic rings. The molecule has 4 rings (SSSR count). The summed E-state index contributed by atoms with van der Waals surface area (Å²) >= 11 is 0. The Morgan fingerprint density at radius 3 is 2.50 bits per heavy atom. The van der Waals surface area contributed by atoms with E-state index in [0.717, 1.165) is 33.7 Å². The Morgan fingerprint density at radius 1 is 1.13 bits per heavy atom. The van der Waals surface area contributed by atoms with Crippen molar-refractivity contribution < 1.29 is 4.79 Å². The molecular formula is C22H25N7O. The van der Waals surface area contributed by atoms with E-state index in [-0.39, 0.29) is 17.9 Å². The molecule has 0 fully saturated rings. The second kappa shape index (κ2) is 7.70. The molecule has 1 atom stereocenters. The molecular weight excluding hydrogens is 378 g/mol. The minimum Gasteiger partial charge on any atom is -0.345 e. The van der Waals surface area contributed by atoms with Crippen LogP contribution in [0.5, 0.6) is 0 Å². The summed E-state index contributed by atoms with van der Waals surface area (Å²) < 4.78 is 3.43. The van der Waals surface area contributed by atoms with Crippen molar-refractivity contribution in [2.24, 2.45) is 7.05 Å². The molecule has 0 aliphatic rings. The fourth-order valence-electron chi connectivity index (χ4n) is 3.55. The van der Waals surface area contributed by atoms with Crippen molar-refractivity contribution in [3.05, 3.63) is 65.5 Å². The Labute approximate surface area is 175 Å². The average Bonchev–Trinajstić information content (AvgIpc) is 3.36. The highest BCUT2D eigenvalue weighted by molar-refractivity contribution is 6.06. The Morgan fingerprint density at radius 2 is 1.87 bits per heavy atom. The van der Waals surface area contributed by atoms with Gasteiger partial charge in [-0.15, -0.1) is 0 Å². The maximum absolute atomic E-state index is 13.2. The molecule has 0 aliphatic heterocycles. The number of nitrogens with zero attached hydrogens (tertiary/aromatic N) is 6. The van der Waals surface area contributed by atoms with Gasteiger partial charge in [0.15, 0.2) is 5.65 Å². The van der Waals surface area contributed by atoms with Crippen LogP contribution < -0.4 is 5.32 Å². The molecule has 0 saturated carbocycles. The fraction of sp³-hybridized carbons (Fsp3) is 0.318. The van der Waals surface area contributed by atoms with Gasteiger partial charge >= 0.3 is 0 Å². The van der Waals surface area contributed by atoms with Gasteiger partial charge in [0.05, 0.1) is 28.4 Å². The molecule has 8 heteroatoms. The zero-order valence-electron chi connectivity index (χ0n) is 17.8. The summed E-state index contributed by atoms with van der Waals surface area (Å²) in [7, 11) is 1.85. The number of amides is 1. The number of carbonyl (C=O) groups is 1. The van der Waals surface area contributed by atoms with Gasteiger partial charge in [0.2, 0.25) is 0 Å². The zero-order valence-corrected chi connectivity index (χ0v) is 17.8. The van der Waals surface area contributed by atoms with E-state index < -0.39 is 0 Å². The number of benzene rings is 1. The third kappa shape index (κ3) is 3.56. The van der Waals surface area contributed by atoms with Crippen LogP contribution in [0.2, 0.25) is 0 Å². The van der Waals surface area contributed by atoms with Crippen LogP contribution in [0.25, 0.3) is 16.7 Å². The topological polar surface area (TPSA) is 90.5 Å². The molecule has 0 spiro atoms. The van der Waals surface area contributed by atoms with Gasteiger partial charge in [-0.05, 0) is 43.5 Å². The van der Waals surface area contributed by atoms with Crippen LogP contribution >= 0.6 is 0 Å². The minimum atomic E-state index is -0.162. The van der Waals surface area contributed by atoms with Crippen LogP contribution in [0.4, 0.5) is 0 Å². The Kier molecular flexibility index (Phi) is 5.07. The SMILES string of the molecule is Cc1nn(C)c2nc(C(C)C)cc(C(=O)NC(C)c3ccc(-n4cncn4)cc3)c12. The number of hydrogen-bond acceptors (Lipinski definition) is 5. The Hall–Kier alpha value is -3.55. The number of aryl methyl sites for hydroxylation is 2. The van der Waals surface area contributed by atoms with E-state index in [2.05, 4.69) is 34.3 Å². The van der Waals surface area contributed by atoms with Gasteiger partial charge in [-0.2, -0.15) is 10.2 Å². The highest BCUT2D eigenvalue weighted by Crippen LogP contribution is 2.25. The van der Waals surface area contributed by atoms with E-state index in [0.29, 0.717) is 5.56 Å². The molecule has 0 aliphatic carbocycles. The van der Waals surface area contributed by atoms with Crippen LogP contribution in [-0.2, 0) is 7.05 Å². The van der Waals surface area contributed by atoms with Crippen molar-refractivity contribution in [3.63, 3.8) is 0 Å². The van der Waals surface area contributed by atoms with E-state index in [1.165, 1.54) is 6.33 Å². The molecule has 1 unspecified atom stereocenters. The number of nitrogens with one attached hydrogen (secondary N) is 1. The van der Waals surface area contributed by atoms with Crippen LogP contribution in [0, 0.1) is 6.92 Å². The lowest BCUT2D eigenvalue weighted by Crippen LogP contribution is -2.27. The summed E-state index contributed by atoms with van der Waals surface area (Å²) in [6, 6.07) is 9.61. The normalized spacial score (nSPS) is 12.5. The lowest BCUT2D eigenvalue weighted by Gasteiger charge is -2.16. The molecule has 0 bridgehead atoms. The lowest BCUT2D eigenvalue weighted by atomic mass is 10.0. The van der Waals surface area contributed by atoms with Gasteiger partial charge in [-0.25, -0.2) is 14.6 Å². The number of aromatic nitrogens is 6. The van der Waals surface area contributed by atoms with Crippen molar-refractivity contribution in [1.82, 2.24) is 34.8 Å². The van der Waals surface area contributed by atoms with Gasteiger partial charge in [-0.1, -0.05) is 26.0 Å². The maximum Gasteiger partial charge on any atom is 0.252 e. The summed E-state index contributed by atoms with van der Waals surface area (Å²) in [6.07, 6.45) is 3.15. The zero-order chi connectivity index (χ0) is 21.4. The van der Waals surface area contributed by atoms with Gasteiger partial charge < -0.3 is 5.32 Å². The summed E-state index contributed by atoms with van der Waals surface area (Å²) in [5, 5.41) is 12.5. The van der Waals surface area contributed by atoms with Crippen molar-refractivity contribution in [1.29, 1.82) is 0 Å². The molecule has 154 valence electrons. The molecule has 1 aromatic carbocycles. The van der Waals surface area contributed by atoms with Crippen LogP contribution in [0.15, 0.2) is 43.0 Å². The fourth-order valence-corrected chi connectivity index (χ4v) is 3.55. The Balaban J connectivity index is 1.62. The average molecular weight is 403 g/mol. The molecule has 0 radical (unpaired) electrons. The van der Waals surface area contributed by atoms with Gasteiger partial charge in [0, 0.05) is 12.7 Å². The van der Waals surface area contributed by atoms with Crippen LogP contribution in [0.1, 0.15) is 60.0 Å². The summed E-state index contributed by atoms with van der Waals surface area (Å²) in [6.45, 7) is 8.01. The number of carbonyl (C=O) groups excluding carboxylic acids is 1. The Bertz CT molecular complexity index is 1190. The van der Waals surface area contributed by atoms with E-state index in [1.54, 1.807) is 15.7 Å². The van der Waals surface area contributed by atoms with Gasteiger partial charge in [-0.3, -0.25) is 9.48 Å². The molecule has 3 aromatic heterocycles. The number of rotatable bonds is 5. The smallest absolute Gasteiger partial charge is 0.252 e. The first-order valence-corrected chi connectivity index (χ1v) is 9.95. The molecule has 3 heterocycles. The van der Waals surface area contributed by atoms with E-state index >= 15 is 0 Å². The lowest BCUT2D eigenvalue weighted by molar-refractivity contribution is 0.0941. The first-order valence-electron chi connectivity index (χ1n) is 9.95. The van der Waals surface area contributed by atoms with Crippen molar-refractivity contribution in [3.8, 4) is 5.69 Å².